The Balaban J connectivity index is 2.92. The Morgan fingerprint density at radius 1 is 1.59 bits per heavy atom. The third kappa shape index (κ3) is 3.63. The SMILES string of the molecule is CCCC(c1ccc(N)nc1)C(S)C(=O)OC. The monoisotopic (exact) mass is 254 g/mol. The van der Waals surface area contributed by atoms with E-state index >= 15 is 0 Å². The highest BCUT2D eigenvalue weighted by atomic mass is 32.1. The molecule has 2 atom stereocenters. The number of pyridine rings is 1. The van der Waals surface area contributed by atoms with Gasteiger partial charge in [-0.15, -0.1) is 0 Å². The van der Waals surface area contributed by atoms with Crippen molar-refractivity contribution in [2.75, 3.05) is 12.8 Å². The van der Waals surface area contributed by atoms with Gasteiger partial charge in [0.05, 0.1) is 7.11 Å². The molecule has 1 aromatic rings. The van der Waals surface area contributed by atoms with Gasteiger partial charge in [0.15, 0.2) is 0 Å². The number of esters is 1. The van der Waals surface area contributed by atoms with Crippen LogP contribution in [-0.2, 0) is 9.53 Å². The number of aromatic nitrogens is 1. The molecule has 2 unspecified atom stereocenters. The minimum atomic E-state index is -0.467. The summed E-state index contributed by atoms with van der Waals surface area (Å²) < 4.78 is 4.72. The molecule has 1 rings (SSSR count). The Morgan fingerprint density at radius 2 is 2.29 bits per heavy atom. The summed E-state index contributed by atoms with van der Waals surface area (Å²) in [5.41, 5.74) is 6.51. The summed E-state index contributed by atoms with van der Waals surface area (Å²) in [4.78, 5) is 15.6. The molecule has 5 heteroatoms. The smallest absolute Gasteiger partial charge is 0.319 e. The van der Waals surface area contributed by atoms with E-state index in [1.807, 2.05) is 6.07 Å². The molecule has 4 nitrogen and oxygen atoms in total. The second-order valence-corrected chi connectivity index (χ2v) is 4.44. The summed E-state index contributed by atoms with van der Waals surface area (Å²) in [5.74, 6) is 0.158. The third-order valence-corrected chi connectivity index (χ3v) is 3.23. The van der Waals surface area contributed by atoms with E-state index in [9.17, 15) is 4.79 Å². The highest BCUT2D eigenvalue weighted by Gasteiger charge is 2.26. The zero-order valence-electron chi connectivity index (χ0n) is 10.1. The van der Waals surface area contributed by atoms with Gasteiger partial charge in [0.2, 0.25) is 0 Å². The van der Waals surface area contributed by atoms with Crippen LogP contribution >= 0.6 is 12.6 Å². The largest absolute Gasteiger partial charge is 0.468 e. The number of nitrogens with two attached hydrogens (primary N) is 1. The number of hydrogen-bond donors (Lipinski definition) is 2. The molecule has 0 aromatic carbocycles. The molecular weight excluding hydrogens is 236 g/mol. The normalized spacial score (nSPS) is 14.1. The molecule has 0 amide bonds. The number of thiol groups is 1. The lowest BCUT2D eigenvalue weighted by molar-refractivity contribution is -0.140. The van der Waals surface area contributed by atoms with Gasteiger partial charge in [-0.25, -0.2) is 4.98 Å². The fourth-order valence-corrected chi connectivity index (χ4v) is 2.17. The minimum absolute atomic E-state index is 0.00360. The van der Waals surface area contributed by atoms with Crippen LogP contribution in [0.3, 0.4) is 0 Å². The number of nitrogens with zero attached hydrogens (tertiary/aromatic N) is 1. The molecule has 0 aliphatic carbocycles. The van der Waals surface area contributed by atoms with Crippen LogP contribution in [0.1, 0.15) is 31.2 Å². The number of carbonyl (C=O) groups excluding carboxylic acids is 1. The van der Waals surface area contributed by atoms with Gasteiger partial charge in [0, 0.05) is 12.1 Å². The lowest BCUT2D eigenvalue weighted by Gasteiger charge is -2.21. The van der Waals surface area contributed by atoms with Crippen molar-refractivity contribution in [3.63, 3.8) is 0 Å². The second-order valence-electron chi connectivity index (χ2n) is 3.88. The summed E-state index contributed by atoms with van der Waals surface area (Å²) in [6.07, 6.45) is 3.51. The predicted octanol–water partition coefficient (Wildman–Crippen LogP) is 2.02. The van der Waals surface area contributed by atoms with Crippen LogP contribution in [0.2, 0.25) is 0 Å². The number of methoxy groups -OCH3 is 1. The number of ether oxygens (including phenoxy) is 1. The van der Waals surface area contributed by atoms with Crippen LogP contribution in [-0.4, -0.2) is 23.3 Å². The molecule has 0 saturated heterocycles. The van der Waals surface area contributed by atoms with Crippen molar-refractivity contribution in [1.82, 2.24) is 4.98 Å². The lowest BCUT2D eigenvalue weighted by Crippen LogP contribution is -2.24. The molecule has 1 heterocycles. The fraction of sp³-hybridized carbons (Fsp3) is 0.500. The van der Waals surface area contributed by atoms with Crippen molar-refractivity contribution in [3.8, 4) is 0 Å². The maximum absolute atomic E-state index is 11.5. The first-order valence-corrected chi connectivity index (χ1v) is 6.09. The first-order chi connectivity index (χ1) is 8.10. The molecule has 0 saturated carbocycles. The van der Waals surface area contributed by atoms with Gasteiger partial charge in [-0.3, -0.25) is 4.79 Å². The standard InChI is InChI=1S/C12H18N2O2S/c1-3-4-9(11(17)12(15)16-2)8-5-6-10(13)14-7-8/h5-7,9,11,17H,3-4H2,1-2H3,(H2,13,14). The first-order valence-electron chi connectivity index (χ1n) is 5.57. The molecule has 0 fully saturated rings. The Hall–Kier alpha value is -1.23. The van der Waals surface area contributed by atoms with Crippen LogP contribution in [0, 0.1) is 0 Å². The molecule has 0 spiro atoms. The Labute approximate surface area is 107 Å². The van der Waals surface area contributed by atoms with Crippen molar-refractivity contribution in [2.45, 2.75) is 30.9 Å². The second kappa shape index (κ2) is 6.49. The van der Waals surface area contributed by atoms with Crippen LogP contribution in [0.25, 0.3) is 0 Å². The molecule has 0 aliphatic rings. The summed E-state index contributed by atoms with van der Waals surface area (Å²) in [5, 5.41) is -0.467. The van der Waals surface area contributed by atoms with Gasteiger partial charge >= 0.3 is 5.97 Å². The van der Waals surface area contributed by atoms with Crippen molar-refractivity contribution in [3.05, 3.63) is 23.9 Å². The van der Waals surface area contributed by atoms with E-state index in [2.05, 4.69) is 24.5 Å². The van der Waals surface area contributed by atoms with Crippen molar-refractivity contribution in [2.24, 2.45) is 0 Å². The molecular formula is C12H18N2O2S. The first kappa shape index (κ1) is 13.8. The molecule has 1 aromatic heterocycles. The van der Waals surface area contributed by atoms with E-state index in [0.29, 0.717) is 5.82 Å². The lowest BCUT2D eigenvalue weighted by atomic mass is 9.92. The average Bonchev–Trinajstić information content (AvgIpc) is 2.35. The van der Waals surface area contributed by atoms with Gasteiger partial charge in [-0.05, 0) is 18.1 Å². The Bertz CT molecular complexity index is 367. The van der Waals surface area contributed by atoms with E-state index in [4.69, 9.17) is 10.5 Å². The summed E-state index contributed by atoms with van der Waals surface area (Å²) >= 11 is 4.34. The molecule has 17 heavy (non-hydrogen) atoms. The molecule has 2 N–H and O–H groups in total. The number of rotatable bonds is 5. The average molecular weight is 254 g/mol. The van der Waals surface area contributed by atoms with Gasteiger partial charge in [0.1, 0.15) is 11.1 Å². The molecule has 94 valence electrons. The number of nitrogen functional groups attached to an aromatic ring is 1. The van der Waals surface area contributed by atoms with Crippen LogP contribution in [0.5, 0.6) is 0 Å². The quantitative estimate of drug-likeness (QED) is 0.623. The Morgan fingerprint density at radius 3 is 2.76 bits per heavy atom. The van der Waals surface area contributed by atoms with E-state index in [1.165, 1.54) is 7.11 Å². The number of anilines is 1. The molecule has 0 radical (unpaired) electrons. The summed E-state index contributed by atoms with van der Waals surface area (Å²) in [6, 6.07) is 3.62. The van der Waals surface area contributed by atoms with Gasteiger partial charge < -0.3 is 10.5 Å². The summed E-state index contributed by atoms with van der Waals surface area (Å²) in [7, 11) is 1.37. The van der Waals surface area contributed by atoms with Crippen molar-refractivity contribution >= 4 is 24.4 Å². The number of hydrogen-bond acceptors (Lipinski definition) is 5. The van der Waals surface area contributed by atoms with Gasteiger partial charge in [-0.1, -0.05) is 19.4 Å². The molecule has 0 bridgehead atoms. The maximum atomic E-state index is 11.5. The topological polar surface area (TPSA) is 65.2 Å². The van der Waals surface area contributed by atoms with E-state index < -0.39 is 5.25 Å². The van der Waals surface area contributed by atoms with Crippen LogP contribution in [0.4, 0.5) is 5.82 Å². The number of carbonyl (C=O) groups is 1. The van der Waals surface area contributed by atoms with Crippen molar-refractivity contribution < 1.29 is 9.53 Å². The fourth-order valence-electron chi connectivity index (χ4n) is 1.74. The minimum Gasteiger partial charge on any atom is -0.468 e. The molecule has 0 aliphatic heterocycles. The van der Waals surface area contributed by atoms with Crippen LogP contribution < -0.4 is 5.73 Å². The zero-order chi connectivity index (χ0) is 12.8. The third-order valence-electron chi connectivity index (χ3n) is 2.66. The van der Waals surface area contributed by atoms with Gasteiger partial charge in [0.25, 0.3) is 0 Å². The predicted molar refractivity (Wildman–Crippen MR) is 71.1 cm³/mol. The van der Waals surface area contributed by atoms with Gasteiger partial charge in [-0.2, -0.15) is 12.6 Å². The Kier molecular flexibility index (Phi) is 5.28. The highest BCUT2D eigenvalue weighted by Crippen LogP contribution is 2.28. The maximum Gasteiger partial charge on any atom is 0.319 e. The van der Waals surface area contributed by atoms with E-state index in [-0.39, 0.29) is 11.9 Å². The van der Waals surface area contributed by atoms with Crippen molar-refractivity contribution in [1.29, 1.82) is 0 Å². The van der Waals surface area contributed by atoms with Crippen LogP contribution in [0.15, 0.2) is 18.3 Å². The summed E-state index contributed by atoms with van der Waals surface area (Å²) in [6.45, 7) is 2.06. The van der Waals surface area contributed by atoms with E-state index in [0.717, 1.165) is 18.4 Å². The highest BCUT2D eigenvalue weighted by molar-refractivity contribution is 7.81. The zero-order valence-corrected chi connectivity index (χ0v) is 11.0. The van der Waals surface area contributed by atoms with E-state index in [1.54, 1.807) is 12.3 Å².